The van der Waals surface area contributed by atoms with Gasteiger partial charge in [-0.2, -0.15) is 0 Å². The minimum atomic E-state index is 0.0720. The van der Waals surface area contributed by atoms with Crippen LogP contribution in [0.3, 0.4) is 0 Å². The molecular weight excluding hydrogens is 260 g/mol. The number of ether oxygens (including phenoxy) is 2. The molecular formula is C19H32O2. The Morgan fingerprint density at radius 1 is 1.05 bits per heavy atom. The van der Waals surface area contributed by atoms with E-state index in [1.807, 2.05) is 6.92 Å². The maximum absolute atomic E-state index is 6.13. The molecule has 1 aromatic rings. The van der Waals surface area contributed by atoms with Crippen molar-refractivity contribution >= 4 is 0 Å². The molecule has 0 heterocycles. The zero-order valence-electron chi connectivity index (χ0n) is 15.0. The van der Waals surface area contributed by atoms with Gasteiger partial charge < -0.3 is 9.47 Å². The Hall–Kier alpha value is -1.02. The van der Waals surface area contributed by atoms with Crippen LogP contribution in [0.2, 0.25) is 0 Å². The van der Waals surface area contributed by atoms with Gasteiger partial charge in [0.05, 0.1) is 6.10 Å². The van der Waals surface area contributed by atoms with Crippen molar-refractivity contribution in [3.8, 4) is 5.75 Å². The Bertz CT molecular complexity index is 450. The van der Waals surface area contributed by atoms with Crippen LogP contribution in [0, 0.1) is 12.3 Å². The van der Waals surface area contributed by atoms with E-state index in [0.717, 1.165) is 5.75 Å². The van der Waals surface area contributed by atoms with Gasteiger partial charge in [0.15, 0.2) is 0 Å². The molecule has 120 valence electrons. The summed E-state index contributed by atoms with van der Waals surface area (Å²) in [6.45, 7) is 18.7. The molecule has 0 aliphatic heterocycles. The summed E-state index contributed by atoms with van der Waals surface area (Å²) in [5, 5.41) is 0. The van der Waals surface area contributed by atoms with E-state index in [4.69, 9.17) is 9.47 Å². The van der Waals surface area contributed by atoms with Gasteiger partial charge in [-0.05, 0) is 36.3 Å². The van der Waals surface area contributed by atoms with Crippen LogP contribution in [0.1, 0.15) is 59.6 Å². The molecule has 0 N–H and O–H groups in total. The second-order valence-corrected chi connectivity index (χ2v) is 7.87. The molecule has 0 aromatic heterocycles. The SMILES string of the molecule is CCOC(COc1ccc(C)cc1C(C)(C)C)C(C)(C)C. The first-order valence-corrected chi connectivity index (χ1v) is 7.91. The van der Waals surface area contributed by atoms with Crippen molar-refractivity contribution in [1.29, 1.82) is 0 Å². The standard InChI is InChI=1S/C19H32O2/c1-9-20-17(19(6,7)8)13-21-16-11-10-14(2)12-15(16)18(3,4)5/h10-12,17H,9,13H2,1-8H3. The van der Waals surface area contributed by atoms with Crippen molar-refractivity contribution in [2.24, 2.45) is 5.41 Å². The fraction of sp³-hybridized carbons (Fsp3) is 0.684. The molecule has 1 atom stereocenters. The summed E-state index contributed by atoms with van der Waals surface area (Å²) in [4.78, 5) is 0. The fourth-order valence-corrected chi connectivity index (χ4v) is 2.27. The fourth-order valence-electron chi connectivity index (χ4n) is 2.27. The van der Waals surface area contributed by atoms with Crippen LogP contribution in [0.25, 0.3) is 0 Å². The van der Waals surface area contributed by atoms with Crippen LogP contribution in [0.5, 0.6) is 5.75 Å². The Morgan fingerprint density at radius 3 is 2.14 bits per heavy atom. The highest BCUT2D eigenvalue weighted by atomic mass is 16.5. The van der Waals surface area contributed by atoms with E-state index in [1.54, 1.807) is 0 Å². The van der Waals surface area contributed by atoms with E-state index in [2.05, 4.69) is 66.7 Å². The van der Waals surface area contributed by atoms with Crippen LogP contribution >= 0.6 is 0 Å². The van der Waals surface area contributed by atoms with Gasteiger partial charge in [0.2, 0.25) is 0 Å². The quantitative estimate of drug-likeness (QED) is 0.749. The van der Waals surface area contributed by atoms with Gasteiger partial charge in [-0.3, -0.25) is 0 Å². The predicted molar refractivity (Wildman–Crippen MR) is 90.2 cm³/mol. The highest BCUT2D eigenvalue weighted by Crippen LogP contribution is 2.33. The van der Waals surface area contributed by atoms with E-state index in [0.29, 0.717) is 13.2 Å². The third-order valence-electron chi connectivity index (χ3n) is 3.67. The van der Waals surface area contributed by atoms with Gasteiger partial charge in [-0.25, -0.2) is 0 Å². The maximum atomic E-state index is 6.13. The van der Waals surface area contributed by atoms with Crippen molar-refractivity contribution < 1.29 is 9.47 Å². The largest absolute Gasteiger partial charge is 0.491 e. The number of rotatable bonds is 5. The predicted octanol–water partition coefficient (Wildman–Crippen LogP) is 5.12. The second-order valence-electron chi connectivity index (χ2n) is 7.87. The molecule has 0 bridgehead atoms. The van der Waals surface area contributed by atoms with E-state index >= 15 is 0 Å². The molecule has 1 rings (SSSR count). The minimum absolute atomic E-state index is 0.0720. The van der Waals surface area contributed by atoms with Crippen molar-refractivity contribution in [3.63, 3.8) is 0 Å². The van der Waals surface area contributed by atoms with Crippen LogP contribution in [0.15, 0.2) is 18.2 Å². The Labute approximate surface area is 130 Å². The summed E-state index contributed by atoms with van der Waals surface area (Å²) in [5.74, 6) is 0.974. The van der Waals surface area contributed by atoms with E-state index in [9.17, 15) is 0 Å². The zero-order valence-corrected chi connectivity index (χ0v) is 15.0. The minimum Gasteiger partial charge on any atom is -0.491 e. The summed E-state index contributed by atoms with van der Waals surface area (Å²) in [6.07, 6.45) is 0.0941. The van der Waals surface area contributed by atoms with Gasteiger partial charge in [-0.15, -0.1) is 0 Å². The van der Waals surface area contributed by atoms with Gasteiger partial charge in [-0.1, -0.05) is 59.2 Å². The number of hydrogen-bond acceptors (Lipinski definition) is 2. The molecule has 0 spiro atoms. The van der Waals surface area contributed by atoms with Gasteiger partial charge in [0, 0.05) is 6.61 Å². The lowest BCUT2D eigenvalue weighted by atomic mass is 9.85. The molecule has 1 aromatic carbocycles. The highest BCUT2D eigenvalue weighted by molar-refractivity contribution is 5.41. The van der Waals surface area contributed by atoms with Crippen molar-refractivity contribution in [3.05, 3.63) is 29.3 Å². The van der Waals surface area contributed by atoms with Crippen LogP contribution < -0.4 is 4.74 Å². The first-order valence-electron chi connectivity index (χ1n) is 7.91. The molecule has 0 radical (unpaired) electrons. The Balaban J connectivity index is 2.93. The van der Waals surface area contributed by atoms with Gasteiger partial charge in [0.25, 0.3) is 0 Å². The molecule has 0 amide bonds. The average molecular weight is 292 g/mol. The van der Waals surface area contributed by atoms with Crippen LogP contribution in [0.4, 0.5) is 0 Å². The lowest BCUT2D eigenvalue weighted by Gasteiger charge is -2.31. The summed E-state index contributed by atoms with van der Waals surface area (Å²) in [5.41, 5.74) is 2.67. The molecule has 0 fully saturated rings. The van der Waals surface area contributed by atoms with Gasteiger partial charge in [0.1, 0.15) is 12.4 Å². The van der Waals surface area contributed by atoms with Crippen LogP contribution in [-0.4, -0.2) is 19.3 Å². The average Bonchev–Trinajstić information content (AvgIpc) is 2.33. The number of benzene rings is 1. The second kappa shape index (κ2) is 6.83. The molecule has 1 unspecified atom stereocenters. The molecule has 2 nitrogen and oxygen atoms in total. The van der Waals surface area contributed by atoms with Gasteiger partial charge >= 0.3 is 0 Å². The Kier molecular flexibility index (Phi) is 5.86. The molecule has 0 saturated carbocycles. The van der Waals surface area contributed by atoms with E-state index in [1.165, 1.54) is 11.1 Å². The first kappa shape index (κ1) is 18.0. The summed E-state index contributed by atoms with van der Waals surface area (Å²) in [7, 11) is 0. The van der Waals surface area contributed by atoms with Crippen molar-refractivity contribution in [2.75, 3.05) is 13.2 Å². The lowest BCUT2D eigenvalue weighted by Crippen LogP contribution is -2.35. The monoisotopic (exact) mass is 292 g/mol. The number of hydrogen-bond donors (Lipinski definition) is 0. The molecule has 0 aliphatic rings. The molecule has 0 saturated heterocycles. The van der Waals surface area contributed by atoms with E-state index in [-0.39, 0.29) is 16.9 Å². The molecule has 21 heavy (non-hydrogen) atoms. The number of aryl methyl sites for hydroxylation is 1. The Morgan fingerprint density at radius 2 is 1.67 bits per heavy atom. The maximum Gasteiger partial charge on any atom is 0.123 e. The smallest absolute Gasteiger partial charge is 0.123 e. The zero-order chi connectivity index (χ0) is 16.3. The van der Waals surface area contributed by atoms with Crippen molar-refractivity contribution in [2.45, 2.75) is 66.9 Å². The van der Waals surface area contributed by atoms with Crippen LogP contribution in [-0.2, 0) is 10.2 Å². The highest BCUT2D eigenvalue weighted by Gasteiger charge is 2.27. The summed E-state index contributed by atoms with van der Waals surface area (Å²) in [6, 6.07) is 6.42. The first-order chi connectivity index (χ1) is 9.55. The lowest BCUT2D eigenvalue weighted by molar-refractivity contribution is -0.0383. The third kappa shape index (κ3) is 5.35. The molecule has 0 aliphatic carbocycles. The summed E-state index contributed by atoms with van der Waals surface area (Å²) >= 11 is 0. The third-order valence-corrected chi connectivity index (χ3v) is 3.67. The topological polar surface area (TPSA) is 18.5 Å². The normalized spacial score (nSPS) is 14.1. The van der Waals surface area contributed by atoms with E-state index < -0.39 is 0 Å². The summed E-state index contributed by atoms with van der Waals surface area (Å²) < 4.78 is 12.0. The molecule has 2 heteroatoms. The van der Waals surface area contributed by atoms with Crippen molar-refractivity contribution in [1.82, 2.24) is 0 Å².